The van der Waals surface area contributed by atoms with Crippen molar-refractivity contribution in [1.82, 2.24) is 10.2 Å². The molecule has 0 radical (unpaired) electrons. The monoisotopic (exact) mass is 344 g/mol. The molecule has 0 aliphatic carbocycles. The number of halogens is 1. The highest BCUT2D eigenvalue weighted by Gasteiger charge is 2.11. The molecule has 0 saturated heterocycles. The second-order valence-corrected chi connectivity index (χ2v) is 5.51. The molecule has 1 N–H and O–H groups in total. The topological polar surface area (TPSA) is 55.0 Å². The van der Waals surface area contributed by atoms with E-state index in [0.29, 0.717) is 11.8 Å². The Morgan fingerprint density at radius 1 is 1.14 bits per heavy atom. The van der Waals surface area contributed by atoms with E-state index in [1.807, 2.05) is 36.4 Å². The molecule has 2 aromatic carbocycles. The van der Waals surface area contributed by atoms with Crippen molar-refractivity contribution in [2.24, 2.45) is 0 Å². The van der Waals surface area contributed by atoms with E-state index in [4.69, 9.17) is 4.74 Å². The number of aromatic nitrogens is 2. The number of methoxy groups -OCH3 is 1. The fourth-order valence-corrected chi connectivity index (χ4v) is 2.98. The van der Waals surface area contributed by atoms with Crippen molar-refractivity contribution in [2.45, 2.75) is 6.42 Å². The molecule has 4 nitrogen and oxygen atoms in total. The largest absolute Gasteiger partial charge is 0.495 e. The maximum Gasteiger partial charge on any atom is 0.272 e. The van der Waals surface area contributed by atoms with Crippen molar-refractivity contribution in [1.29, 1.82) is 0 Å². The molecule has 0 aliphatic heterocycles. The van der Waals surface area contributed by atoms with Gasteiger partial charge in [0.2, 0.25) is 0 Å². The Morgan fingerprint density at radius 3 is 2.67 bits per heavy atom. The molecule has 0 aliphatic rings. The molecule has 106 valence electrons. The zero-order chi connectivity index (χ0) is 14.8. The first kappa shape index (κ1) is 13.8. The van der Waals surface area contributed by atoms with E-state index < -0.39 is 0 Å². The molecule has 0 fully saturated rings. The van der Waals surface area contributed by atoms with Gasteiger partial charge in [-0.05, 0) is 28.1 Å². The molecular formula is C16H13BrN2O2. The molecule has 21 heavy (non-hydrogen) atoms. The SMILES string of the molecule is COc1c(Br)cccc1Cc1n[nH]c(=O)c2ccccc12. The average Bonchev–Trinajstić information content (AvgIpc) is 2.51. The Hall–Kier alpha value is -2.14. The van der Waals surface area contributed by atoms with Crippen LogP contribution in [0.5, 0.6) is 5.75 Å². The highest BCUT2D eigenvalue weighted by molar-refractivity contribution is 9.10. The average molecular weight is 345 g/mol. The fraction of sp³-hybridized carbons (Fsp3) is 0.125. The quantitative estimate of drug-likeness (QED) is 0.793. The summed E-state index contributed by atoms with van der Waals surface area (Å²) in [6, 6.07) is 13.3. The Morgan fingerprint density at radius 2 is 1.90 bits per heavy atom. The fourth-order valence-electron chi connectivity index (χ4n) is 2.41. The number of nitrogens with one attached hydrogen (secondary N) is 1. The molecule has 0 atom stereocenters. The van der Waals surface area contributed by atoms with Gasteiger partial charge in [-0.1, -0.05) is 30.3 Å². The number of hydrogen-bond acceptors (Lipinski definition) is 3. The van der Waals surface area contributed by atoms with Crippen LogP contribution in [-0.4, -0.2) is 17.3 Å². The van der Waals surface area contributed by atoms with Crippen molar-refractivity contribution in [2.75, 3.05) is 7.11 Å². The first-order valence-electron chi connectivity index (χ1n) is 6.48. The second-order valence-electron chi connectivity index (χ2n) is 4.65. The Labute approximate surface area is 129 Å². The van der Waals surface area contributed by atoms with Gasteiger partial charge in [-0.15, -0.1) is 0 Å². The first-order chi connectivity index (χ1) is 10.2. The van der Waals surface area contributed by atoms with Crippen molar-refractivity contribution in [3.8, 4) is 5.75 Å². The summed E-state index contributed by atoms with van der Waals surface area (Å²) in [5.74, 6) is 0.787. The van der Waals surface area contributed by atoms with Crippen LogP contribution < -0.4 is 10.3 Å². The van der Waals surface area contributed by atoms with Gasteiger partial charge in [0.15, 0.2) is 0 Å². The van der Waals surface area contributed by atoms with Crippen LogP contribution in [0.1, 0.15) is 11.3 Å². The third-order valence-corrected chi connectivity index (χ3v) is 4.01. The van der Waals surface area contributed by atoms with E-state index in [0.717, 1.165) is 26.9 Å². The Balaban J connectivity index is 2.13. The number of nitrogens with zero attached hydrogens (tertiary/aromatic N) is 1. The number of aromatic amines is 1. The van der Waals surface area contributed by atoms with Gasteiger partial charge in [-0.3, -0.25) is 4.79 Å². The summed E-state index contributed by atoms with van der Waals surface area (Å²) in [6.07, 6.45) is 0.583. The molecule has 0 spiro atoms. The molecule has 1 aromatic heterocycles. The molecule has 0 bridgehead atoms. The number of ether oxygens (including phenoxy) is 1. The van der Waals surface area contributed by atoms with Crippen molar-refractivity contribution in [3.05, 3.63) is 68.5 Å². The van der Waals surface area contributed by atoms with Gasteiger partial charge in [-0.25, -0.2) is 5.10 Å². The van der Waals surface area contributed by atoms with Gasteiger partial charge in [0, 0.05) is 17.4 Å². The van der Waals surface area contributed by atoms with Gasteiger partial charge in [0.25, 0.3) is 5.56 Å². The lowest BCUT2D eigenvalue weighted by molar-refractivity contribution is 0.407. The first-order valence-corrected chi connectivity index (χ1v) is 7.27. The molecule has 0 unspecified atom stereocenters. The summed E-state index contributed by atoms with van der Waals surface area (Å²) < 4.78 is 6.34. The standard InChI is InChI=1S/C16H13BrN2O2/c1-21-15-10(5-4-8-13(15)17)9-14-11-6-2-3-7-12(11)16(20)19-18-14/h2-8H,9H2,1H3,(H,19,20). The molecule has 5 heteroatoms. The van der Waals surface area contributed by atoms with E-state index >= 15 is 0 Å². The minimum Gasteiger partial charge on any atom is -0.495 e. The lowest BCUT2D eigenvalue weighted by Gasteiger charge is -2.11. The molecule has 0 saturated carbocycles. The number of fused-ring (bicyclic) bond motifs is 1. The summed E-state index contributed by atoms with van der Waals surface area (Å²) in [6.45, 7) is 0. The van der Waals surface area contributed by atoms with E-state index in [-0.39, 0.29) is 5.56 Å². The van der Waals surface area contributed by atoms with Crippen LogP contribution >= 0.6 is 15.9 Å². The lowest BCUT2D eigenvalue weighted by Crippen LogP contribution is -2.11. The van der Waals surface area contributed by atoms with Crippen LogP contribution in [0.2, 0.25) is 0 Å². The third-order valence-electron chi connectivity index (χ3n) is 3.39. The van der Waals surface area contributed by atoms with Crippen LogP contribution in [0.25, 0.3) is 10.8 Å². The molecule has 3 aromatic rings. The normalized spacial score (nSPS) is 10.8. The highest BCUT2D eigenvalue weighted by atomic mass is 79.9. The van der Waals surface area contributed by atoms with Gasteiger partial charge >= 0.3 is 0 Å². The minimum absolute atomic E-state index is 0.171. The van der Waals surface area contributed by atoms with Crippen molar-refractivity contribution >= 4 is 26.7 Å². The summed E-state index contributed by atoms with van der Waals surface area (Å²) in [5, 5.41) is 8.27. The maximum atomic E-state index is 11.8. The van der Waals surface area contributed by atoms with Crippen LogP contribution in [0.4, 0.5) is 0 Å². The molecule has 1 heterocycles. The number of rotatable bonds is 3. The van der Waals surface area contributed by atoms with Crippen molar-refractivity contribution < 1.29 is 4.74 Å². The van der Waals surface area contributed by atoms with Gasteiger partial charge in [0.05, 0.1) is 22.7 Å². The molecular weight excluding hydrogens is 332 g/mol. The molecule has 3 rings (SSSR count). The summed E-state index contributed by atoms with van der Waals surface area (Å²) in [5.41, 5.74) is 1.66. The number of benzene rings is 2. The highest BCUT2D eigenvalue weighted by Crippen LogP contribution is 2.30. The van der Waals surface area contributed by atoms with Crippen LogP contribution in [0.3, 0.4) is 0 Å². The smallest absolute Gasteiger partial charge is 0.272 e. The Kier molecular flexibility index (Phi) is 3.75. The number of hydrogen-bond donors (Lipinski definition) is 1. The summed E-state index contributed by atoms with van der Waals surface area (Å²) in [7, 11) is 1.64. The predicted octanol–water partition coefficient (Wildman–Crippen LogP) is 3.29. The summed E-state index contributed by atoms with van der Waals surface area (Å²) in [4.78, 5) is 11.8. The van der Waals surface area contributed by atoms with Crippen LogP contribution in [0.15, 0.2) is 51.7 Å². The number of H-pyrrole nitrogens is 1. The van der Waals surface area contributed by atoms with E-state index in [1.165, 1.54) is 0 Å². The molecule has 0 amide bonds. The predicted molar refractivity (Wildman–Crippen MR) is 85.9 cm³/mol. The minimum atomic E-state index is -0.171. The van der Waals surface area contributed by atoms with Crippen LogP contribution in [-0.2, 0) is 6.42 Å². The second kappa shape index (κ2) is 5.69. The third kappa shape index (κ3) is 2.56. The number of para-hydroxylation sites is 1. The maximum absolute atomic E-state index is 11.8. The van der Waals surface area contributed by atoms with Gasteiger partial charge < -0.3 is 4.74 Å². The zero-order valence-electron chi connectivity index (χ0n) is 11.4. The van der Waals surface area contributed by atoms with Gasteiger partial charge in [0.1, 0.15) is 5.75 Å². The van der Waals surface area contributed by atoms with Crippen LogP contribution in [0, 0.1) is 0 Å². The van der Waals surface area contributed by atoms with Gasteiger partial charge in [-0.2, -0.15) is 5.10 Å². The van der Waals surface area contributed by atoms with E-state index in [9.17, 15) is 4.79 Å². The van der Waals surface area contributed by atoms with E-state index in [1.54, 1.807) is 13.2 Å². The zero-order valence-corrected chi connectivity index (χ0v) is 13.0. The Bertz CT molecular complexity index is 858. The van der Waals surface area contributed by atoms with E-state index in [2.05, 4.69) is 26.1 Å². The van der Waals surface area contributed by atoms with Crippen molar-refractivity contribution in [3.63, 3.8) is 0 Å². The summed E-state index contributed by atoms with van der Waals surface area (Å²) >= 11 is 3.48. The lowest BCUT2D eigenvalue weighted by atomic mass is 10.0.